The van der Waals surface area contributed by atoms with E-state index in [4.69, 9.17) is 9.47 Å². The number of methoxy groups -OCH3 is 1. The summed E-state index contributed by atoms with van der Waals surface area (Å²) in [6.45, 7) is 3.90. The molecule has 0 aliphatic carbocycles. The standard InChI is InChI=1S/C19H25N3O4S/c1-13(17(23)20-9-11-25-2)27-19-21-16-8-4-3-7-15(16)18(24)22(19)12-14-6-5-10-26-14/h3-4,7-8,13-14H,5-6,9-12H2,1-2H3,(H,20,23)/t13-,14+/m1/s1. The van der Waals surface area contributed by atoms with E-state index in [1.807, 2.05) is 25.1 Å². The molecule has 0 unspecified atom stereocenters. The Bertz CT molecular complexity index is 848. The van der Waals surface area contributed by atoms with Crippen LogP contribution in [0, 0.1) is 0 Å². The summed E-state index contributed by atoms with van der Waals surface area (Å²) in [5, 5.41) is 3.57. The van der Waals surface area contributed by atoms with Gasteiger partial charge >= 0.3 is 0 Å². The van der Waals surface area contributed by atoms with Crippen LogP contribution in [0.4, 0.5) is 0 Å². The molecule has 27 heavy (non-hydrogen) atoms. The minimum absolute atomic E-state index is 0.0100. The Morgan fingerprint density at radius 3 is 3.04 bits per heavy atom. The topological polar surface area (TPSA) is 82.5 Å². The first-order valence-corrected chi connectivity index (χ1v) is 10.0. The van der Waals surface area contributed by atoms with Gasteiger partial charge in [0, 0.05) is 20.3 Å². The van der Waals surface area contributed by atoms with Crippen LogP contribution in [0.3, 0.4) is 0 Å². The number of hydrogen-bond acceptors (Lipinski definition) is 6. The predicted octanol–water partition coefficient (Wildman–Crippen LogP) is 1.82. The molecule has 1 fully saturated rings. The molecule has 1 saturated heterocycles. The zero-order valence-electron chi connectivity index (χ0n) is 15.6. The third-order valence-electron chi connectivity index (χ3n) is 4.49. The van der Waals surface area contributed by atoms with Crippen molar-refractivity contribution in [2.45, 2.75) is 42.8 Å². The van der Waals surface area contributed by atoms with Crippen molar-refractivity contribution in [3.8, 4) is 0 Å². The lowest BCUT2D eigenvalue weighted by atomic mass is 10.2. The number of fused-ring (bicyclic) bond motifs is 1. The fraction of sp³-hybridized carbons (Fsp3) is 0.526. The van der Waals surface area contributed by atoms with E-state index in [1.54, 1.807) is 17.7 Å². The number of carbonyl (C=O) groups excluding carboxylic acids is 1. The van der Waals surface area contributed by atoms with Crippen LogP contribution >= 0.6 is 11.8 Å². The number of ether oxygens (including phenoxy) is 2. The number of nitrogens with one attached hydrogen (secondary N) is 1. The third-order valence-corrected chi connectivity index (χ3v) is 5.58. The number of benzene rings is 1. The highest BCUT2D eigenvalue weighted by molar-refractivity contribution is 8.00. The van der Waals surface area contributed by atoms with Crippen LogP contribution in [0.5, 0.6) is 0 Å². The van der Waals surface area contributed by atoms with Gasteiger partial charge in [0.25, 0.3) is 5.56 Å². The van der Waals surface area contributed by atoms with E-state index in [-0.39, 0.29) is 22.8 Å². The molecule has 1 aromatic heterocycles. The maximum atomic E-state index is 13.0. The van der Waals surface area contributed by atoms with Crippen molar-refractivity contribution in [1.29, 1.82) is 0 Å². The lowest BCUT2D eigenvalue weighted by Crippen LogP contribution is -2.34. The van der Waals surface area contributed by atoms with Crippen LogP contribution in [0.1, 0.15) is 19.8 Å². The average molecular weight is 391 g/mol. The quantitative estimate of drug-likeness (QED) is 0.420. The number of amides is 1. The Labute approximate surface area is 162 Å². The van der Waals surface area contributed by atoms with E-state index in [0.717, 1.165) is 19.4 Å². The molecule has 1 N–H and O–H groups in total. The lowest BCUT2D eigenvalue weighted by Gasteiger charge is -2.18. The minimum Gasteiger partial charge on any atom is -0.383 e. The van der Waals surface area contributed by atoms with Crippen molar-refractivity contribution in [3.05, 3.63) is 34.6 Å². The normalized spacial score (nSPS) is 17.9. The number of hydrogen-bond donors (Lipinski definition) is 1. The van der Waals surface area contributed by atoms with Crippen LogP contribution in [0.25, 0.3) is 10.9 Å². The van der Waals surface area contributed by atoms with Crippen LogP contribution in [0.15, 0.2) is 34.2 Å². The molecule has 8 heteroatoms. The van der Waals surface area contributed by atoms with Gasteiger partial charge in [-0.15, -0.1) is 0 Å². The Morgan fingerprint density at radius 1 is 1.48 bits per heavy atom. The summed E-state index contributed by atoms with van der Waals surface area (Å²) in [7, 11) is 1.59. The van der Waals surface area contributed by atoms with E-state index in [2.05, 4.69) is 10.3 Å². The van der Waals surface area contributed by atoms with Crippen molar-refractivity contribution < 1.29 is 14.3 Å². The SMILES string of the molecule is COCCNC(=O)[C@@H](C)Sc1nc2ccccc2c(=O)n1C[C@@H]1CCCO1. The monoisotopic (exact) mass is 391 g/mol. The molecule has 0 saturated carbocycles. The predicted molar refractivity (Wildman–Crippen MR) is 105 cm³/mol. The third kappa shape index (κ3) is 4.88. The number of para-hydroxylation sites is 1. The van der Waals surface area contributed by atoms with Gasteiger partial charge in [0.1, 0.15) is 0 Å². The molecule has 1 aliphatic heterocycles. The highest BCUT2D eigenvalue weighted by Gasteiger charge is 2.23. The number of nitrogens with zero attached hydrogens (tertiary/aromatic N) is 2. The highest BCUT2D eigenvalue weighted by Crippen LogP contribution is 2.24. The molecule has 1 aromatic carbocycles. The maximum Gasteiger partial charge on any atom is 0.262 e. The molecule has 3 rings (SSSR count). The first-order valence-electron chi connectivity index (χ1n) is 9.14. The van der Waals surface area contributed by atoms with E-state index in [0.29, 0.717) is 35.8 Å². The van der Waals surface area contributed by atoms with Crippen molar-refractivity contribution in [2.24, 2.45) is 0 Å². The van der Waals surface area contributed by atoms with Gasteiger partial charge in [-0.1, -0.05) is 23.9 Å². The molecule has 7 nitrogen and oxygen atoms in total. The van der Waals surface area contributed by atoms with Gasteiger partial charge in [-0.05, 0) is 31.9 Å². The second-order valence-corrected chi connectivity index (χ2v) is 7.81. The molecular formula is C19H25N3O4S. The molecule has 0 spiro atoms. The largest absolute Gasteiger partial charge is 0.383 e. The Kier molecular flexibility index (Phi) is 6.87. The van der Waals surface area contributed by atoms with Crippen LogP contribution in [0.2, 0.25) is 0 Å². The molecular weight excluding hydrogens is 366 g/mol. The summed E-state index contributed by atoms with van der Waals surface area (Å²) < 4.78 is 12.3. The van der Waals surface area contributed by atoms with Crippen molar-refractivity contribution in [2.75, 3.05) is 26.9 Å². The van der Waals surface area contributed by atoms with Crippen molar-refractivity contribution in [1.82, 2.24) is 14.9 Å². The molecule has 1 aliphatic rings. The summed E-state index contributed by atoms with van der Waals surface area (Å²) in [5.74, 6) is -0.108. The number of aromatic nitrogens is 2. The summed E-state index contributed by atoms with van der Waals surface area (Å²) in [6.07, 6.45) is 1.94. The highest BCUT2D eigenvalue weighted by atomic mass is 32.2. The first kappa shape index (κ1) is 19.9. The van der Waals surface area contributed by atoms with Crippen LogP contribution in [-0.4, -0.2) is 53.7 Å². The zero-order valence-corrected chi connectivity index (χ0v) is 16.5. The van der Waals surface area contributed by atoms with Gasteiger partial charge in [-0.2, -0.15) is 0 Å². The van der Waals surface area contributed by atoms with E-state index < -0.39 is 0 Å². The van der Waals surface area contributed by atoms with Crippen molar-refractivity contribution >= 4 is 28.6 Å². The molecule has 146 valence electrons. The number of thioether (sulfide) groups is 1. The summed E-state index contributed by atoms with van der Waals surface area (Å²) in [5.41, 5.74) is 0.547. The summed E-state index contributed by atoms with van der Waals surface area (Å²) >= 11 is 1.29. The second kappa shape index (κ2) is 9.34. The summed E-state index contributed by atoms with van der Waals surface area (Å²) in [6, 6.07) is 7.29. The fourth-order valence-electron chi connectivity index (χ4n) is 3.02. The van der Waals surface area contributed by atoms with Crippen LogP contribution in [-0.2, 0) is 20.8 Å². The molecule has 2 aromatic rings. The average Bonchev–Trinajstić information content (AvgIpc) is 3.18. The molecule has 2 heterocycles. The van der Waals surface area contributed by atoms with Crippen LogP contribution < -0.4 is 10.9 Å². The van der Waals surface area contributed by atoms with E-state index >= 15 is 0 Å². The smallest absolute Gasteiger partial charge is 0.262 e. The molecule has 2 atom stereocenters. The number of carbonyl (C=O) groups is 1. The van der Waals surface area contributed by atoms with Gasteiger partial charge < -0.3 is 14.8 Å². The van der Waals surface area contributed by atoms with Gasteiger partial charge in [0.15, 0.2) is 5.16 Å². The molecule has 1 amide bonds. The molecule has 0 radical (unpaired) electrons. The van der Waals surface area contributed by atoms with Crippen molar-refractivity contribution in [3.63, 3.8) is 0 Å². The van der Waals surface area contributed by atoms with Gasteiger partial charge in [-0.3, -0.25) is 14.2 Å². The zero-order chi connectivity index (χ0) is 19.2. The Balaban J connectivity index is 1.87. The Morgan fingerprint density at radius 2 is 2.30 bits per heavy atom. The first-order chi connectivity index (χ1) is 13.1. The molecule has 0 bridgehead atoms. The lowest BCUT2D eigenvalue weighted by molar-refractivity contribution is -0.120. The fourth-order valence-corrected chi connectivity index (χ4v) is 3.96. The van der Waals surface area contributed by atoms with E-state index in [9.17, 15) is 9.59 Å². The number of rotatable bonds is 8. The van der Waals surface area contributed by atoms with Gasteiger partial charge in [-0.25, -0.2) is 4.98 Å². The minimum atomic E-state index is -0.384. The van der Waals surface area contributed by atoms with E-state index in [1.165, 1.54) is 11.8 Å². The Hall–Kier alpha value is -1.90. The second-order valence-electron chi connectivity index (χ2n) is 6.51. The van der Waals surface area contributed by atoms with Gasteiger partial charge in [0.2, 0.25) is 5.91 Å². The van der Waals surface area contributed by atoms with Gasteiger partial charge in [0.05, 0.1) is 35.4 Å². The maximum absolute atomic E-state index is 13.0. The summed E-state index contributed by atoms with van der Waals surface area (Å²) in [4.78, 5) is 30.0.